The summed E-state index contributed by atoms with van der Waals surface area (Å²) in [6.07, 6.45) is 3.11. The SMILES string of the molecule is CCCCN1CCC(c2ccccc2)=C(C(=O)O)C1. The zero-order chi connectivity index (χ0) is 13.7. The molecule has 1 aromatic rings. The van der Waals surface area contributed by atoms with Crippen molar-refractivity contribution in [2.75, 3.05) is 19.6 Å². The van der Waals surface area contributed by atoms with E-state index in [0.29, 0.717) is 12.1 Å². The van der Waals surface area contributed by atoms with Crippen LogP contribution in [0.4, 0.5) is 0 Å². The van der Waals surface area contributed by atoms with Gasteiger partial charge in [-0.3, -0.25) is 4.90 Å². The molecule has 19 heavy (non-hydrogen) atoms. The number of rotatable bonds is 5. The summed E-state index contributed by atoms with van der Waals surface area (Å²) < 4.78 is 0. The summed E-state index contributed by atoms with van der Waals surface area (Å²) in [6.45, 7) is 4.68. The first-order valence-corrected chi connectivity index (χ1v) is 6.95. The Morgan fingerprint density at radius 2 is 2.05 bits per heavy atom. The van der Waals surface area contributed by atoms with Crippen LogP contribution in [0.1, 0.15) is 31.7 Å². The minimum absolute atomic E-state index is 0.563. The molecular formula is C16H21NO2. The van der Waals surface area contributed by atoms with E-state index in [1.54, 1.807) is 0 Å². The van der Waals surface area contributed by atoms with Gasteiger partial charge in [-0.2, -0.15) is 0 Å². The van der Waals surface area contributed by atoms with Gasteiger partial charge in [0, 0.05) is 13.1 Å². The molecule has 1 N–H and O–H groups in total. The van der Waals surface area contributed by atoms with Gasteiger partial charge in [-0.25, -0.2) is 4.79 Å². The molecule has 0 aliphatic carbocycles. The molecule has 2 rings (SSSR count). The van der Waals surface area contributed by atoms with E-state index in [0.717, 1.165) is 43.5 Å². The summed E-state index contributed by atoms with van der Waals surface area (Å²) in [5, 5.41) is 9.43. The Kier molecular flexibility index (Phi) is 4.74. The highest BCUT2D eigenvalue weighted by Gasteiger charge is 2.23. The molecule has 3 nitrogen and oxygen atoms in total. The lowest BCUT2D eigenvalue weighted by Crippen LogP contribution is -2.34. The van der Waals surface area contributed by atoms with Crippen LogP contribution in [-0.4, -0.2) is 35.6 Å². The van der Waals surface area contributed by atoms with Gasteiger partial charge in [0.25, 0.3) is 0 Å². The number of carboxylic acid groups (broad SMARTS) is 1. The molecular weight excluding hydrogens is 238 g/mol. The minimum atomic E-state index is -0.778. The van der Waals surface area contributed by atoms with Crippen LogP contribution in [-0.2, 0) is 4.79 Å². The van der Waals surface area contributed by atoms with E-state index >= 15 is 0 Å². The zero-order valence-electron chi connectivity index (χ0n) is 11.4. The number of unbranched alkanes of at least 4 members (excludes halogenated alkanes) is 1. The van der Waals surface area contributed by atoms with Crippen molar-refractivity contribution in [2.24, 2.45) is 0 Å². The van der Waals surface area contributed by atoms with Crippen molar-refractivity contribution in [3.8, 4) is 0 Å². The molecule has 0 spiro atoms. The molecule has 1 heterocycles. The predicted octanol–water partition coefficient (Wildman–Crippen LogP) is 3.03. The molecule has 0 unspecified atom stereocenters. The molecule has 3 heteroatoms. The molecule has 0 fully saturated rings. The van der Waals surface area contributed by atoms with E-state index in [2.05, 4.69) is 11.8 Å². The maximum Gasteiger partial charge on any atom is 0.333 e. The largest absolute Gasteiger partial charge is 0.478 e. The van der Waals surface area contributed by atoms with Crippen molar-refractivity contribution in [1.29, 1.82) is 0 Å². The van der Waals surface area contributed by atoms with Crippen molar-refractivity contribution >= 4 is 11.5 Å². The van der Waals surface area contributed by atoms with Gasteiger partial charge in [0.2, 0.25) is 0 Å². The number of hydrogen-bond donors (Lipinski definition) is 1. The maximum absolute atomic E-state index is 11.5. The molecule has 0 radical (unpaired) electrons. The second-order valence-corrected chi connectivity index (χ2v) is 5.01. The average Bonchev–Trinajstić information content (AvgIpc) is 2.45. The summed E-state index contributed by atoms with van der Waals surface area (Å²) >= 11 is 0. The first-order valence-electron chi connectivity index (χ1n) is 6.95. The van der Waals surface area contributed by atoms with Crippen LogP contribution in [0, 0.1) is 0 Å². The topological polar surface area (TPSA) is 40.5 Å². The van der Waals surface area contributed by atoms with E-state index in [1.807, 2.05) is 30.3 Å². The predicted molar refractivity (Wildman–Crippen MR) is 77.0 cm³/mol. The number of carbonyl (C=O) groups is 1. The third-order valence-electron chi connectivity index (χ3n) is 3.63. The Bertz CT molecular complexity index is 465. The van der Waals surface area contributed by atoms with Gasteiger partial charge in [0.05, 0.1) is 5.57 Å². The lowest BCUT2D eigenvalue weighted by atomic mass is 9.93. The molecule has 0 bridgehead atoms. The number of nitrogens with zero attached hydrogens (tertiary/aromatic N) is 1. The van der Waals surface area contributed by atoms with E-state index in [4.69, 9.17) is 0 Å². The van der Waals surface area contributed by atoms with E-state index in [9.17, 15) is 9.90 Å². The summed E-state index contributed by atoms with van der Waals surface area (Å²) in [7, 11) is 0. The second-order valence-electron chi connectivity index (χ2n) is 5.01. The Labute approximate surface area is 114 Å². The highest BCUT2D eigenvalue weighted by molar-refractivity contribution is 5.97. The first-order chi connectivity index (χ1) is 9.22. The molecule has 0 saturated carbocycles. The highest BCUT2D eigenvalue weighted by Crippen LogP contribution is 2.27. The summed E-state index contributed by atoms with van der Waals surface area (Å²) in [4.78, 5) is 13.7. The van der Waals surface area contributed by atoms with Crippen LogP contribution in [0.15, 0.2) is 35.9 Å². The second kappa shape index (κ2) is 6.53. The van der Waals surface area contributed by atoms with Crippen molar-refractivity contribution < 1.29 is 9.90 Å². The van der Waals surface area contributed by atoms with Crippen molar-refractivity contribution in [2.45, 2.75) is 26.2 Å². The summed E-state index contributed by atoms with van der Waals surface area (Å²) in [6, 6.07) is 9.89. The first kappa shape index (κ1) is 13.8. The maximum atomic E-state index is 11.5. The monoisotopic (exact) mass is 259 g/mol. The molecule has 1 aromatic carbocycles. The fourth-order valence-electron chi connectivity index (χ4n) is 2.55. The van der Waals surface area contributed by atoms with Crippen LogP contribution < -0.4 is 0 Å². The molecule has 0 saturated heterocycles. The quantitative estimate of drug-likeness (QED) is 0.883. The van der Waals surface area contributed by atoms with Gasteiger partial charge in [0.1, 0.15) is 0 Å². The fourth-order valence-corrected chi connectivity index (χ4v) is 2.55. The molecule has 0 aromatic heterocycles. The highest BCUT2D eigenvalue weighted by atomic mass is 16.4. The molecule has 1 aliphatic heterocycles. The zero-order valence-corrected chi connectivity index (χ0v) is 11.4. The third-order valence-corrected chi connectivity index (χ3v) is 3.63. The van der Waals surface area contributed by atoms with Gasteiger partial charge in [-0.05, 0) is 30.5 Å². The Morgan fingerprint density at radius 3 is 2.68 bits per heavy atom. The van der Waals surface area contributed by atoms with Crippen LogP contribution in [0.3, 0.4) is 0 Å². The number of carboxylic acids is 1. The summed E-state index contributed by atoms with van der Waals surface area (Å²) in [5.74, 6) is -0.778. The Hall–Kier alpha value is -1.61. The van der Waals surface area contributed by atoms with E-state index in [1.165, 1.54) is 0 Å². The van der Waals surface area contributed by atoms with E-state index < -0.39 is 5.97 Å². The van der Waals surface area contributed by atoms with Gasteiger partial charge in [0.15, 0.2) is 0 Å². The lowest BCUT2D eigenvalue weighted by molar-refractivity contribution is -0.133. The van der Waals surface area contributed by atoms with Crippen LogP contribution in [0.25, 0.3) is 5.57 Å². The minimum Gasteiger partial charge on any atom is -0.478 e. The standard InChI is InChI=1S/C16H21NO2/c1-2-3-10-17-11-9-14(15(12-17)16(18)19)13-7-5-4-6-8-13/h4-8H,2-3,9-12H2,1H3,(H,18,19). The molecule has 0 amide bonds. The van der Waals surface area contributed by atoms with Gasteiger partial charge >= 0.3 is 5.97 Å². The number of benzene rings is 1. The van der Waals surface area contributed by atoms with Crippen molar-refractivity contribution in [3.63, 3.8) is 0 Å². The number of hydrogen-bond acceptors (Lipinski definition) is 2. The van der Waals surface area contributed by atoms with Gasteiger partial charge in [-0.1, -0.05) is 43.7 Å². The Morgan fingerprint density at radius 1 is 1.32 bits per heavy atom. The van der Waals surface area contributed by atoms with Crippen molar-refractivity contribution in [1.82, 2.24) is 4.90 Å². The van der Waals surface area contributed by atoms with E-state index in [-0.39, 0.29) is 0 Å². The molecule has 102 valence electrons. The smallest absolute Gasteiger partial charge is 0.333 e. The van der Waals surface area contributed by atoms with Gasteiger partial charge in [-0.15, -0.1) is 0 Å². The number of aliphatic carboxylic acids is 1. The Balaban J connectivity index is 2.22. The fraction of sp³-hybridized carbons (Fsp3) is 0.438. The molecule has 0 atom stereocenters. The van der Waals surface area contributed by atoms with Crippen LogP contribution in [0.5, 0.6) is 0 Å². The average molecular weight is 259 g/mol. The normalized spacial score (nSPS) is 16.7. The van der Waals surface area contributed by atoms with Crippen molar-refractivity contribution in [3.05, 3.63) is 41.5 Å². The van der Waals surface area contributed by atoms with Crippen LogP contribution in [0.2, 0.25) is 0 Å². The summed E-state index contributed by atoms with van der Waals surface area (Å²) in [5.41, 5.74) is 2.62. The van der Waals surface area contributed by atoms with Gasteiger partial charge < -0.3 is 5.11 Å². The van der Waals surface area contributed by atoms with Crippen LogP contribution >= 0.6 is 0 Å². The molecule has 1 aliphatic rings. The third kappa shape index (κ3) is 3.44. The lowest BCUT2D eigenvalue weighted by Gasteiger charge is -2.29.